The smallest absolute Gasteiger partial charge is 0.303 e. The lowest BCUT2D eigenvalue weighted by molar-refractivity contribution is -0.137. The number of anilines is 1. The van der Waals surface area contributed by atoms with E-state index in [1.165, 1.54) is 0 Å². The maximum atomic E-state index is 10.3. The quantitative estimate of drug-likeness (QED) is 0.782. The molecule has 1 rings (SSSR count). The van der Waals surface area contributed by atoms with Gasteiger partial charge in [0, 0.05) is 32.4 Å². The predicted molar refractivity (Wildman–Crippen MR) is 56.9 cm³/mol. The predicted octanol–water partition coefficient (Wildman–Crippen LogP) is 0.950. The van der Waals surface area contributed by atoms with E-state index in [2.05, 4.69) is 9.97 Å². The number of aryl methyl sites for hydroxylation is 1. The van der Waals surface area contributed by atoms with Crippen molar-refractivity contribution in [3.05, 3.63) is 18.0 Å². The van der Waals surface area contributed by atoms with Crippen LogP contribution in [0.1, 0.15) is 18.5 Å². The molecule has 0 saturated carbocycles. The van der Waals surface area contributed by atoms with Crippen LogP contribution in [0.2, 0.25) is 0 Å². The second-order valence-corrected chi connectivity index (χ2v) is 3.49. The van der Waals surface area contributed by atoms with Crippen LogP contribution in [0.15, 0.2) is 12.3 Å². The molecule has 1 N–H and O–H groups in total. The Hall–Kier alpha value is -1.65. The van der Waals surface area contributed by atoms with E-state index < -0.39 is 5.97 Å². The lowest BCUT2D eigenvalue weighted by Gasteiger charge is -2.10. The highest BCUT2D eigenvalue weighted by molar-refractivity contribution is 5.66. The molecule has 1 heterocycles. The minimum absolute atomic E-state index is 0.182. The SMILES string of the molecule is CN(C)c1nccc(CCCC(=O)O)n1. The van der Waals surface area contributed by atoms with Crippen molar-refractivity contribution in [2.75, 3.05) is 19.0 Å². The van der Waals surface area contributed by atoms with Gasteiger partial charge in [-0.1, -0.05) is 0 Å². The highest BCUT2D eigenvalue weighted by Crippen LogP contribution is 2.06. The van der Waals surface area contributed by atoms with Gasteiger partial charge in [-0.15, -0.1) is 0 Å². The molecule has 5 heteroatoms. The molecule has 5 nitrogen and oxygen atoms in total. The van der Waals surface area contributed by atoms with E-state index in [1.54, 1.807) is 6.20 Å². The molecule has 0 unspecified atom stereocenters. The Bertz CT molecular complexity index is 339. The Kier molecular flexibility index (Phi) is 4.03. The standard InChI is InChI=1S/C10H15N3O2/c1-13(2)10-11-7-6-8(12-10)4-3-5-9(14)15/h6-7H,3-5H2,1-2H3,(H,14,15). The molecule has 0 aromatic carbocycles. The minimum atomic E-state index is -0.767. The number of rotatable bonds is 5. The van der Waals surface area contributed by atoms with Gasteiger partial charge in [0.25, 0.3) is 0 Å². The summed E-state index contributed by atoms with van der Waals surface area (Å²) in [5.74, 6) is -0.111. The monoisotopic (exact) mass is 209 g/mol. The summed E-state index contributed by atoms with van der Waals surface area (Å²) in [7, 11) is 3.74. The van der Waals surface area contributed by atoms with Crippen LogP contribution in [0.5, 0.6) is 0 Å². The first-order chi connectivity index (χ1) is 7.09. The number of carbonyl (C=O) groups is 1. The molecule has 0 aliphatic heterocycles. The molecule has 0 amide bonds. The fourth-order valence-corrected chi connectivity index (χ4v) is 1.16. The summed E-state index contributed by atoms with van der Waals surface area (Å²) in [6, 6.07) is 1.81. The number of carboxylic acids is 1. The van der Waals surface area contributed by atoms with E-state index >= 15 is 0 Å². The van der Waals surface area contributed by atoms with Crippen molar-refractivity contribution in [2.24, 2.45) is 0 Å². The van der Waals surface area contributed by atoms with E-state index in [9.17, 15) is 4.79 Å². The molecule has 0 fully saturated rings. The summed E-state index contributed by atoms with van der Waals surface area (Å²) in [6.45, 7) is 0. The third kappa shape index (κ3) is 3.93. The topological polar surface area (TPSA) is 66.3 Å². The van der Waals surface area contributed by atoms with Crippen molar-refractivity contribution >= 4 is 11.9 Å². The molecule has 15 heavy (non-hydrogen) atoms. The number of nitrogens with zero attached hydrogens (tertiary/aromatic N) is 3. The minimum Gasteiger partial charge on any atom is -0.481 e. The Morgan fingerprint density at radius 3 is 2.87 bits per heavy atom. The van der Waals surface area contributed by atoms with Gasteiger partial charge in [0.15, 0.2) is 0 Å². The maximum Gasteiger partial charge on any atom is 0.303 e. The van der Waals surface area contributed by atoms with Crippen LogP contribution in [-0.2, 0) is 11.2 Å². The summed E-state index contributed by atoms with van der Waals surface area (Å²) >= 11 is 0. The van der Waals surface area contributed by atoms with Gasteiger partial charge in [0.2, 0.25) is 5.95 Å². The molecular formula is C10H15N3O2. The van der Waals surface area contributed by atoms with Crippen LogP contribution in [0.25, 0.3) is 0 Å². The largest absolute Gasteiger partial charge is 0.481 e. The fraction of sp³-hybridized carbons (Fsp3) is 0.500. The third-order valence-corrected chi connectivity index (χ3v) is 1.92. The van der Waals surface area contributed by atoms with Gasteiger partial charge in [-0.3, -0.25) is 4.79 Å². The van der Waals surface area contributed by atoms with Crippen molar-refractivity contribution < 1.29 is 9.90 Å². The van der Waals surface area contributed by atoms with E-state index in [4.69, 9.17) is 5.11 Å². The van der Waals surface area contributed by atoms with Gasteiger partial charge in [-0.25, -0.2) is 9.97 Å². The van der Waals surface area contributed by atoms with E-state index in [1.807, 2.05) is 25.1 Å². The Labute approximate surface area is 88.8 Å². The highest BCUT2D eigenvalue weighted by Gasteiger charge is 2.02. The molecule has 0 saturated heterocycles. The Morgan fingerprint density at radius 2 is 2.27 bits per heavy atom. The van der Waals surface area contributed by atoms with Crippen molar-refractivity contribution in [2.45, 2.75) is 19.3 Å². The zero-order valence-corrected chi connectivity index (χ0v) is 8.97. The molecule has 0 spiro atoms. The van der Waals surface area contributed by atoms with E-state index in [-0.39, 0.29) is 6.42 Å². The van der Waals surface area contributed by atoms with Gasteiger partial charge in [-0.05, 0) is 18.9 Å². The van der Waals surface area contributed by atoms with Crippen LogP contribution < -0.4 is 4.90 Å². The zero-order valence-electron chi connectivity index (χ0n) is 8.97. The third-order valence-electron chi connectivity index (χ3n) is 1.92. The summed E-state index contributed by atoms with van der Waals surface area (Å²) in [4.78, 5) is 20.5. The molecular weight excluding hydrogens is 194 g/mol. The fourth-order valence-electron chi connectivity index (χ4n) is 1.16. The number of hydrogen-bond acceptors (Lipinski definition) is 4. The molecule has 0 aliphatic carbocycles. The van der Waals surface area contributed by atoms with Crippen LogP contribution in [0.3, 0.4) is 0 Å². The summed E-state index contributed by atoms with van der Waals surface area (Å²) in [6.07, 6.45) is 3.16. The number of aliphatic carboxylic acids is 1. The Balaban J connectivity index is 2.54. The lowest BCUT2D eigenvalue weighted by atomic mass is 10.2. The summed E-state index contributed by atoms with van der Waals surface area (Å²) in [5.41, 5.74) is 0.884. The van der Waals surface area contributed by atoms with Crippen LogP contribution in [-0.4, -0.2) is 35.1 Å². The van der Waals surface area contributed by atoms with Gasteiger partial charge in [0.05, 0.1) is 0 Å². The van der Waals surface area contributed by atoms with Crippen molar-refractivity contribution in [1.82, 2.24) is 9.97 Å². The number of carboxylic acid groups (broad SMARTS) is 1. The first kappa shape index (κ1) is 11.4. The van der Waals surface area contributed by atoms with E-state index in [0.717, 1.165) is 5.69 Å². The van der Waals surface area contributed by atoms with Gasteiger partial charge < -0.3 is 10.0 Å². The van der Waals surface area contributed by atoms with Gasteiger partial charge >= 0.3 is 5.97 Å². The maximum absolute atomic E-state index is 10.3. The average Bonchev–Trinajstić information content (AvgIpc) is 2.17. The first-order valence-corrected chi connectivity index (χ1v) is 4.80. The van der Waals surface area contributed by atoms with Crippen molar-refractivity contribution in [3.8, 4) is 0 Å². The average molecular weight is 209 g/mol. The molecule has 0 aliphatic rings. The van der Waals surface area contributed by atoms with Crippen molar-refractivity contribution in [3.63, 3.8) is 0 Å². The number of aromatic nitrogens is 2. The Morgan fingerprint density at radius 1 is 1.53 bits per heavy atom. The second-order valence-electron chi connectivity index (χ2n) is 3.49. The zero-order chi connectivity index (χ0) is 11.3. The molecule has 0 atom stereocenters. The number of hydrogen-bond donors (Lipinski definition) is 1. The van der Waals surface area contributed by atoms with Gasteiger partial charge in [0.1, 0.15) is 0 Å². The van der Waals surface area contributed by atoms with Crippen LogP contribution >= 0.6 is 0 Å². The van der Waals surface area contributed by atoms with Gasteiger partial charge in [-0.2, -0.15) is 0 Å². The highest BCUT2D eigenvalue weighted by atomic mass is 16.4. The molecule has 82 valence electrons. The first-order valence-electron chi connectivity index (χ1n) is 4.80. The normalized spacial score (nSPS) is 10.0. The summed E-state index contributed by atoms with van der Waals surface area (Å²) < 4.78 is 0. The molecule has 1 aromatic heterocycles. The molecule has 1 aromatic rings. The lowest BCUT2D eigenvalue weighted by Crippen LogP contribution is -2.13. The molecule has 0 bridgehead atoms. The second kappa shape index (κ2) is 5.29. The van der Waals surface area contributed by atoms with Crippen molar-refractivity contribution in [1.29, 1.82) is 0 Å². The van der Waals surface area contributed by atoms with Crippen LogP contribution in [0.4, 0.5) is 5.95 Å². The van der Waals surface area contributed by atoms with E-state index in [0.29, 0.717) is 18.8 Å². The summed E-state index contributed by atoms with van der Waals surface area (Å²) in [5, 5.41) is 8.49. The van der Waals surface area contributed by atoms with Crippen LogP contribution in [0, 0.1) is 0 Å². The molecule has 0 radical (unpaired) electrons.